The van der Waals surface area contributed by atoms with Crippen LogP contribution in [-0.4, -0.2) is 39.6 Å². The lowest BCUT2D eigenvalue weighted by Gasteiger charge is -2.20. The van der Waals surface area contributed by atoms with Crippen LogP contribution in [0.1, 0.15) is 10.4 Å². The number of carbonyl (C=O) groups excluding carboxylic acids is 2. The van der Waals surface area contributed by atoms with E-state index in [0.29, 0.717) is 28.4 Å². The molecule has 0 radical (unpaired) electrons. The first kappa shape index (κ1) is 21.7. The van der Waals surface area contributed by atoms with Crippen LogP contribution in [0.2, 0.25) is 0 Å². The van der Waals surface area contributed by atoms with Crippen molar-refractivity contribution < 1.29 is 19.1 Å². The topological polar surface area (TPSA) is 79.9 Å². The van der Waals surface area contributed by atoms with Gasteiger partial charge in [-0.25, -0.2) is 0 Å². The normalized spacial score (nSPS) is 10.2. The molecule has 0 heterocycles. The first-order chi connectivity index (χ1) is 15.0. The van der Waals surface area contributed by atoms with E-state index in [0.717, 1.165) is 5.69 Å². The Hall–Kier alpha value is -4.00. The van der Waals surface area contributed by atoms with Crippen molar-refractivity contribution in [2.24, 2.45) is 0 Å². The first-order valence-corrected chi connectivity index (χ1v) is 9.70. The smallest absolute Gasteiger partial charge is 0.255 e. The summed E-state index contributed by atoms with van der Waals surface area (Å²) in [5.41, 5.74) is 2.34. The van der Waals surface area contributed by atoms with Gasteiger partial charge in [0.2, 0.25) is 5.91 Å². The Kier molecular flexibility index (Phi) is 7.11. The maximum atomic E-state index is 12.6. The monoisotopic (exact) mass is 419 g/mol. The number of amides is 2. The van der Waals surface area contributed by atoms with E-state index in [1.807, 2.05) is 48.3 Å². The molecule has 0 fully saturated rings. The minimum atomic E-state index is -0.276. The van der Waals surface area contributed by atoms with E-state index in [-0.39, 0.29) is 18.4 Å². The SMILES string of the molecule is COc1cc(NC(=O)c2ccccc2)c(OC)cc1NC(=O)CN(C)c1ccccc1. The lowest BCUT2D eigenvalue weighted by atomic mass is 10.2. The molecule has 7 nitrogen and oxygen atoms in total. The standard InChI is InChI=1S/C24H25N3O4/c1-27(18-12-8-5-9-13-18)16-23(28)25-19-14-22(31-3)20(15-21(19)30-2)26-24(29)17-10-6-4-7-11-17/h4-15H,16H2,1-3H3,(H,25,28)(H,26,29). The molecule has 2 amide bonds. The van der Waals surface area contributed by atoms with Crippen LogP contribution in [0, 0.1) is 0 Å². The number of benzene rings is 3. The van der Waals surface area contributed by atoms with Gasteiger partial charge >= 0.3 is 0 Å². The van der Waals surface area contributed by atoms with Gasteiger partial charge in [-0.2, -0.15) is 0 Å². The van der Waals surface area contributed by atoms with Crippen molar-refractivity contribution in [3.8, 4) is 11.5 Å². The van der Waals surface area contributed by atoms with Crippen molar-refractivity contribution in [1.29, 1.82) is 0 Å². The lowest BCUT2D eigenvalue weighted by molar-refractivity contribution is -0.114. The molecular formula is C24H25N3O4. The number of hydrogen-bond acceptors (Lipinski definition) is 5. The molecule has 0 bridgehead atoms. The van der Waals surface area contributed by atoms with E-state index in [1.165, 1.54) is 14.2 Å². The van der Waals surface area contributed by atoms with E-state index in [1.54, 1.807) is 36.4 Å². The van der Waals surface area contributed by atoms with E-state index in [9.17, 15) is 9.59 Å². The Labute approximate surface area is 181 Å². The minimum Gasteiger partial charge on any atom is -0.494 e. The summed E-state index contributed by atoms with van der Waals surface area (Å²) >= 11 is 0. The maximum absolute atomic E-state index is 12.6. The molecule has 7 heteroatoms. The molecular weight excluding hydrogens is 394 g/mol. The molecule has 3 aromatic carbocycles. The van der Waals surface area contributed by atoms with Crippen LogP contribution < -0.4 is 25.0 Å². The summed E-state index contributed by atoms with van der Waals surface area (Å²) in [5.74, 6) is 0.312. The van der Waals surface area contributed by atoms with Crippen molar-refractivity contribution in [3.63, 3.8) is 0 Å². The van der Waals surface area contributed by atoms with E-state index in [2.05, 4.69) is 10.6 Å². The number of anilines is 3. The third-order valence-electron chi connectivity index (χ3n) is 4.66. The summed E-state index contributed by atoms with van der Waals surface area (Å²) in [6.45, 7) is 0.155. The molecule has 0 atom stereocenters. The maximum Gasteiger partial charge on any atom is 0.255 e. The first-order valence-electron chi connectivity index (χ1n) is 9.70. The highest BCUT2D eigenvalue weighted by Crippen LogP contribution is 2.36. The van der Waals surface area contributed by atoms with Crippen molar-refractivity contribution in [2.75, 3.05) is 43.3 Å². The third kappa shape index (κ3) is 5.54. The summed E-state index contributed by atoms with van der Waals surface area (Å²) in [6.07, 6.45) is 0. The third-order valence-corrected chi connectivity index (χ3v) is 4.66. The zero-order valence-electron chi connectivity index (χ0n) is 17.7. The second kappa shape index (κ2) is 10.2. The van der Waals surface area contributed by atoms with Crippen LogP contribution in [0.15, 0.2) is 72.8 Å². The largest absolute Gasteiger partial charge is 0.494 e. The summed E-state index contributed by atoms with van der Waals surface area (Å²) in [5, 5.41) is 5.67. The quantitative estimate of drug-likeness (QED) is 0.576. The molecule has 0 aliphatic carbocycles. The predicted octanol–water partition coefficient (Wildman–Crippen LogP) is 4.03. The van der Waals surface area contributed by atoms with Crippen LogP contribution in [0.4, 0.5) is 17.1 Å². The molecule has 0 saturated heterocycles. The Bertz CT molecular complexity index is 1040. The van der Waals surface area contributed by atoms with E-state index >= 15 is 0 Å². The molecule has 3 rings (SSSR count). The molecule has 3 aromatic rings. The minimum absolute atomic E-state index is 0.155. The van der Waals surface area contributed by atoms with Gasteiger partial charge in [0.05, 0.1) is 32.1 Å². The zero-order chi connectivity index (χ0) is 22.2. The van der Waals surface area contributed by atoms with Gasteiger partial charge in [-0.05, 0) is 24.3 Å². The Morgan fingerprint density at radius 1 is 0.806 bits per heavy atom. The number of carbonyl (C=O) groups is 2. The van der Waals surface area contributed by atoms with E-state index in [4.69, 9.17) is 9.47 Å². The van der Waals surface area contributed by atoms with Crippen molar-refractivity contribution >= 4 is 28.9 Å². The number of para-hydroxylation sites is 1. The number of ether oxygens (including phenoxy) is 2. The number of rotatable bonds is 8. The molecule has 0 spiro atoms. The number of nitrogens with zero attached hydrogens (tertiary/aromatic N) is 1. The van der Waals surface area contributed by atoms with Crippen molar-refractivity contribution in [2.45, 2.75) is 0 Å². The van der Waals surface area contributed by atoms with Crippen LogP contribution in [0.3, 0.4) is 0 Å². The van der Waals surface area contributed by atoms with Gasteiger partial charge in [0.1, 0.15) is 11.5 Å². The summed E-state index contributed by atoms with van der Waals surface area (Å²) in [4.78, 5) is 27.0. The predicted molar refractivity (Wildman–Crippen MR) is 122 cm³/mol. The number of hydrogen-bond donors (Lipinski definition) is 2. The highest BCUT2D eigenvalue weighted by molar-refractivity contribution is 6.05. The molecule has 0 saturated carbocycles. The van der Waals surface area contributed by atoms with Gasteiger partial charge in [0.25, 0.3) is 5.91 Å². The van der Waals surface area contributed by atoms with Gasteiger partial charge in [0, 0.05) is 30.4 Å². The number of likely N-dealkylation sites (N-methyl/N-ethyl adjacent to an activating group) is 1. The molecule has 0 aliphatic rings. The summed E-state index contributed by atoms with van der Waals surface area (Å²) < 4.78 is 10.9. The van der Waals surface area contributed by atoms with Gasteiger partial charge in [-0.3, -0.25) is 9.59 Å². The molecule has 2 N–H and O–H groups in total. The number of nitrogens with one attached hydrogen (secondary N) is 2. The fourth-order valence-corrected chi connectivity index (χ4v) is 3.06. The average molecular weight is 419 g/mol. The molecule has 160 valence electrons. The summed E-state index contributed by atoms with van der Waals surface area (Å²) in [6, 6.07) is 21.7. The van der Waals surface area contributed by atoms with E-state index < -0.39 is 0 Å². The zero-order valence-corrected chi connectivity index (χ0v) is 17.7. The Balaban J connectivity index is 1.76. The lowest BCUT2D eigenvalue weighted by Crippen LogP contribution is -2.30. The van der Waals surface area contributed by atoms with Crippen molar-refractivity contribution in [3.05, 3.63) is 78.4 Å². The van der Waals surface area contributed by atoms with Gasteiger partial charge in [-0.1, -0.05) is 36.4 Å². The molecule has 0 aliphatic heterocycles. The molecule has 0 aromatic heterocycles. The van der Waals surface area contributed by atoms with Gasteiger partial charge < -0.3 is 25.0 Å². The second-order valence-electron chi connectivity index (χ2n) is 6.81. The van der Waals surface area contributed by atoms with Crippen LogP contribution in [0.5, 0.6) is 11.5 Å². The Morgan fingerprint density at radius 3 is 1.87 bits per heavy atom. The Morgan fingerprint density at radius 2 is 1.32 bits per heavy atom. The fourth-order valence-electron chi connectivity index (χ4n) is 3.06. The van der Waals surface area contributed by atoms with Crippen molar-refractivity contribution in [1.82, 2.24) is 0 Å². The number of methoxy groups -OCH3 is 2. The van der Waals surface area contributed by atoms with Crippen LogP contribution in [-0.2, 0) is 4.79 Å². The highest BCUT2D eigenvalue weighted by Gasteiger charge is 2.17. The van der Waals surface area contributed by atoms with Crippen LogP contribution >= 0.6 is 0 Å². The fraction of sp³-hybridized carbons (Fsp3) is 0.167. The average Bonchev–Trinajstić information content (AvgIpc) is 2.80. The second-order valence-corrected chi connectivity index (χ2v) is 6.81. The highest BCUT2D eigenvalue weighted by atomic mass is 16.5. The summed E-state index contributed by atoms with van der Waals surface area (Å²) in [7, 11) is 4.83. The van der Waals surface area contributed by atoms with Gasteiger partial charge in [0.15, 0.2) is 0 Å². The van der Waals surface area contributed by atoms with Gasteiger partial charge in [-0.15, -0.1) is 0 Å². The molecule has 31 heavy (non-hydrogen) atoms. The molecule has 0 unspecified atom stereocenters. The van der Waals surface area contributed by atoms with Crippen LogP contribution in [0.25, 0.3) is 0 Å².